The van der Waals surface area contributed by atoms with Crippen molar-refractivity contribution in [2.24, 2.45) is 0 Å². The van der Waals surface area contributed by atoms with Gasteiger partial charge in [0, 0.05) is 45.1 Å². The molecule has 0 N–H and O–H groups in total. The third kappa shape index (κ3) is 3.81. The summed E-state index contributed by atoms with van der Waals surface area (Å²) in [5, 5.41) is 0. The summed E-state index contributed by atoms with van der Waals surface area (Å²) in [5.41, 5.74) is 1.25. The summed E-state index contributed by atoms with van der Waals surface area (Å²) >= 11 is 0. The lowest BCUT2D eigenvalue weighted by molar-refractivity contribution is -0.122. The monoisotopic (exact) mass is 354 g/mol. The minimum Gasteiger partial charge on any atom is -0.497 e. The minimum atomic E-state index is -0.0393. The van der Waals surface area contributed by atoms with Crippen molar-refractivity contribution in [2.75, 3.05) is 44.8 Å². The van der Waals surface area contributed by atoms with Gasteiger partial charge in [0.15, 0.2) is 0 Å². The zero-order valence-corrected chi connectivity index (χ0v) is 15.3. The molecule has 1 aromatic heterocycles. The molecule has 1 aromatic carbocycles. The molecule has 0 aliphatic carbocycles. The Bertz CT molecular complexity index is 717. The van der Waals surface area contributed by atoms with Gasteiger partial charge in [-0.3, -0.25) is 4.90 Å². The Balaban J connectivity index is 1.37. The van der Waals surface area contributed by atoms with Gasteiger partial charge in [-0.05, 0) is 36.6 Å². The van der Waals surface area contributed by atoms with Crippen LogP contribution in [0, 0.1) is 0 Å². The summed E-state index contributed by atoms with van der Waals surface area (Å²) in [5.74, 6) is 1.74. The molecule has 0 atom stereocenters. The van der Waals surface area contributed by atoms with Crippen LogP contribution in [-0.2, 0) is 11.3 Å². The number of rotatable bonds is 4. The van der Waals surface area contributed by atoms with Crippen LogP contribution in [-0.4, -0.2) is 60.4 Å². The lowest BCUT2D eigenvalue weighted by Crippen LogP contribution is -2.56. The standard InChI is InChI=1S/C20H26N4O2/c1-25-18-5-2-4-17(14-18)15-23-12-13-26-20(16-23)6-10-24(11-7-20)19-21-8-3-9-22-19/h2-5,8-9,14H,6-7,10-13,15-16H2,1H3. The number of benzene rings is 1. The van der Waals surface area contributed by atoms with Crippen molar-refractivity contribution in [1.82, 2.24) is 14.9 Å². The number of morpholine rings is 1. The first-order valence-electron chi connectivity index (χ1n) is 9.28. The lowest BCUT2D eigenvalue weighted by Gasteiger charge is -2.47. The smallest absolute Gasteiger partial charge is 0.225 e. The van der Waals surface area contributed by atoms with E-state index >= 15 is 0 Å². The van der Waals surface area contributed by atoms with Crippen LogP contribution >= 0.6 is 0 Å². The zero-order chi connectivity index (χ0) is 17.8. The Morgan fingerprint density at radius 2 is 1.92 bits per heavy atom. The number of anilines is 1. The van der Waals surface area contributed by atoms with Gasteiger partial charge < -0.3 is 14.4 Å². The van der Waals surface area contributed by atoms with Crippen LogP contribution in [0.4, 0.5) is 5.95 Å². The highest BCUT2D eigenvalue weighted by Gasteiger charge is 2.40. The highest BCUT2D eigenvalue weighted by Crippen LogP contribution is 2.32. The maximum atomic E-state index is 6.27. The number of methoxy groups -OCH3 is 1. The van der Waals surface area contributed by atoms with Crippen molar-refractivity contribution < 1.29 is 9.47 Å². The Hall–Kier alpha value is -2.18. The second-order valence-electron chi connectivity index (χ2n) is 7.13. The van der Waals surface area contributed by atoms with Crippen LogP contribution < -0.4 is 9.64 Å². The Labute approximate surface area is 154 Å². The van der Waals surface area contributed by atoms with Crippen LogP contribution in [0.5, 0.6) is 5.75 Å². The predicted molar refractivity (Wildman–Crippen MR) is 100 cm³/mol. The van der Waals surface area contributed by atoms with E-state index < -0.39 is 0 Å². The van der Waals surface area contributed by atoms with Gasteiger partial charge in [-0.15, -0.1) is 0 Å². The molecule has 138 valence electrons. The van der Waals surface area contributed by atoms with E-state index in [9.17, 15) is 0 Å². The molecule has 1 spiro atoms. The van der Waals surface area contributed by atoms with Crippen LogP contribution in [0.15, 0.2) is 42.7 Å². The van der Waals surface area contributed by atoms with E-state index in [1.807, 2.05) is 12.1 Å². The molecule has 26 heavy (non-hydrogen) atoms. The summed E-state index contributed by atoms with van der Waals surface area (Å²) in [7, 11) is 1.72. The molecule has 2 fully saturated rings. The first-order valence-corrected chi connectivity index (χ1v) is 9.28. The maximum Gasteiger partial charge on any atom is 0.225 e. The van der Waals surface area contributed by atoms with Crippen molar-refractivity contribution in [2.45, 2.75) is 25.0 Å². The van der Waals surface area contributed by atoms with E-state index in [0.29, 0.717) is 0 Å². The molecule has 6 nitrogen and oxygen atoms in total. The molecular formula is C20H26N4O2. The second kappa shape index (κ2) is 7.60. The Kier molecular flexibility index (Phi) is 5.04. The molecule has 6 heteroatoms. The third-order valence-corrected chi connectivity index (χ3v) is 5.38. The van der Waals surface area contributed by atoms with Gasteiger partial charge in [-0.2, -0.15) is 0 Å². The number of nitrogens with zero attached hydrogens (tertiary/aromatic N) is 4. The number of aromatic nitrogens is 2. The molecule has 2 aliphatic heterocycles. The molecule has 0 bridgehead atoms. The summed E-state index contributed by atoms with van der Waals surface area (Å²) in [6.45, 7) is 5.58. The molecule has 3 heterocycles. The van der Waals surface area contributed by atoms with E-state index in [4.69, 9.17) is 9.47 Å². The van der Waals surface area contributed by atoms with Gasteiger partial charge in [0.05, 0.1) is 19.3 Å². The average molecular weight is 354 g/mol. The lowest BCUT2D eigenvalue weighted by atomic mass is 9.89. The number of ether oxygens (including phenoxy) is 2. The summed E-state index contributed by atoms with van der Waals surface area (Å²) in [6, 6.07) is 10.2. The highest BCUT2D eigenvalue weighted by atomic mass is 16.5. The molecule has 0 radical (unpaired) electrons. The largest absolute Gasteiger partial charge is 0.497 e. The fourth-order valence-corrected chi connectivity index (χ4v) is 3.96. The van der Waals surface area contributed by atoms with Crippen LogP contribution in [0.1, 0.15) is 18.4 Å². The van der Waals surface area contributed by atoms with Gasteiger partial charge in [0.25, 0.3) is 0 Å². The third-order valence-electron chi connectivity index (χ3n) is 5.38. The molecule has 0 saturated carbocycles. The van der Waals surface area contributed by atoms with Crippen LogP contribution in [0.25, 0.3) is 0 Å². The quantitative estimate of drug-likeness (QED) is 0.840. The first-order chi connectivity index (χ1) is 12.8. The predicted octanol–water partition coefficient (Wildman–Crippen LogP) is 2.36. The molecule has 2 saturated heterocycles. The summed E-state index contributed by atoms with van der Waals surface area (Å²) < 4.78 is 11.6. The van der Waals surface area contributed by atoms with E-state index in [1.54, 1.807) is 19.5 Å². The van der Waals surface area contributed by atoms with Crippen LogP contribution in [0.2, 0.25) is 0 Å². The average Bonchev–Trinajstić information content (AvgIpc) is 2.69. The van der Waals surface area contributed by atoms with E-state index in [0.717, 1.165) is 63.9 Å². The van der Waals surface area contributed by atoms with Gasteiger partial charge in [-0.25, -0.2) is 9.97 Å². The van der Waals surface area contributed by atoms with Gasteiger partial charge in [0.2, 0.25) is 5.95 Å². The number of hydrogen-bond acceptors (Lipinski definition) is 6. The topological polar surface area (TPSA) is 50.7 Å². The molecule has 0 unspecified atom stereocenters. The summed E-state index contributed by atoms with van der Waals surface area (Å²) in [4.78, 5) is 13.5. The van der Waals surface area contributed by atoms with Gasteiger partial charge in [0.1, 0.15) is 5.75 Å². The second-order valence-corrected chi connectivity index (χ2v) is 7.13. The van der Waals surface area contributed by atoms with Crippen molar-refractivity contribution in [3.8, 4) is 5.75 Å². The van der Waals surface area contributed by atoms with E-state index in [2.05, 4.69) is 38.0 Å². The number of piperidine rings is 1. The normalized spacial score (nSPS) is 20.3. The SMILES string of the molecule is COc1cccc(CN2CCOC3(CCN(c4ncccn4)CC3)C2)c1. The maximum absolute atomic E-state index is 6.27. The fraction of sp³-hybridized carbons (Fsp3) is 0.500. The van der Waals surface area contributed by atoms with Crippen molar-refractivity contribution >= 4 is 5.95 Å². The Morgan fingerprint density at radius 1 is 1.12 bits per heavy atom. The highest BCUT2D eigenvalue weighted by molar-refractivity contribution is 5.30. The van der Waals surface area contributed by atoms with Crippen molar-refractivity contribution in [1.29, 1.82) is 0 Å². The van der Waals surface area contributed by atoms with Gasteiger partial charge in [-0.1, -0.05) is 12.1 Å². The van der Waals surface area contributed by atoms with Crippen LogP contribution in [0.3, 0.4) is 0 Å². The first kappa shape index (κ1) is 17.2. The Morgan fingerprint density at radius 3 is 2.69 bits per heavy atom. The minimum absolute atomic E-state index is 0.0393. The van der Waals surface area contributed by atoms with Gasteiger partial charge >= 0.3 is 0 Å². The van der Waals surface area contributed by atoms with Crippen molar-refractivity contribution in [3.63, 3.8) is 0 Å². The summed E-state index contributed by atoms with van der Waals surface area (Å²) in [6.07, 6.45) is 5.64. The molecule has 0 amide bonds. The van der Waals surface area contributed by atoms with Crippen molar-refractivity contribution in [3.05, 3.63) is 48.3 Å². The fourth-order valence-electron chi connectivity index (χ4n) is 3.96. The molecule has 2 aromatic rings. The van der Waals surface area contributed by atoms with E-state index in [-0.39, 0.29) is 5.60 Å². The molecule has 4 rings (SSSR count). The molecular weight excluding hydrogens is 328 g/mol. The zero-order valence-electron chi connectivity index (χ0n) is 15.3. The number of hydrogen-bond donors (Lipinski definition) is 0. The van der Waals surface area contributed by atoms with E-state index in [1.165, 1.54) is 5.56 Å². The molecule has 2 aliphatic rings.